The molecule has 0 aliphatic rings. The molecule has 0 saturated heterocycles. The molecule has 0 bridgehead atoms. The van der Waals surface area contributed by atoms with Gasteiger partial charge in [0.05, 0.1) is 35.2 Å². The highest BCUT2D eigenvalue weighted by atomic mass is 16.5. The first-order valence-corrected chi connectivity index (χ1v) is 35.0. The normalized spacial score (nSPS) is 11.1. The summed E-state index contributed by atoms with van der Waals surface area (Å²) in [6.07, 6.45) is 18.4. The molecule has 6 aromatic carbocycles. The highest BCUT2D eigenvalue weighted by Crippen LogP contribution is 2.36. The van der Waals surface area contributed by atoms with E-state index in [1.807, 2.05) is 132 Å². The number of carboxylic acid groups (broad SMARTS) is 4. The summed E-state index contributed by atoms with van der Waals surface area (Å²) in [7, 11) is 0. The minimum absolute atomic E-state index is 0.0848. The lowest BCUT2D eigenvalue weighted by atomic mass is 9.89. The van der Waals surface area contributed by atoms with Crippen LogP contribution in [0.15, 0.2) is 232 Å². The molecular formula is C84H86N14O12. The predicted molar refractivity (Wildman–Crippen MR) is 427 cm³/mol. The standard InChI is InChI=1S/2C38H39N7O2.2C4H4O4/c2*1-6-28-21-39-22-35(41-28)43-34-19-26(17-18-40-34)24-47-33-16-15-32(30-9-7-8-10-31(30)33)42-37(46)44-36-20-27(38(3,4)5)23-45(36)29-13-11-25(2)12-14-29;2*5-3(6)1-2-4(7)8/h2*7-23H,6,24H2,1-5H3,(H,40,41,43)(H2,42,44,46);2*1-2H,(H,5,6)(H,7,8)/b;;2*2-1-. The van der Waals surface area contributed by atoms with E-state index in [9.17, 15) is 28.8 Å². The second kappa shape index (κ2) is 37.3. The van der Waals surface area contributed by atoms with E-state index >= 15 is 0 Å². The Kier molecular flexibility index (Phi) is 27.1. The minimum atomic E-state index is -1.26. The molecule has 6 heterocycles. The summed E-state index contributed by atoms with van der Waals surface area (Å²) in [5, 5.41) is 53.5. The van der Waals surface area contributed by atoms with Gasteiger partial charge < -0.3 is 60.3 Å². The van der Waals surface area contributed by atoms with E-state index in [4.69, 9.17) is 29.9 Å². The van der Waals surface area contributed by atoms with Crippen LogP contribution in [-0.4, -0.2) is 95.4 Å². The van der Waals surface area contributed by atoms with Gasteiger partial charge in [-0.2, -0.15) is 0 Å². The SMILES string of the molecule is CCc1cncc(Nc2cc(COc3ccc(NC(=O)Nc4cc(C(C)(C)C)cn4-c4ccc(C)cc4)c4ccccc34)ccn2)n1.CCc1cncc(Nc2cc(COc3ccc(NC(=O)Nc4cc(C(C)(C)C)cn4-c4ccc(C)cc4)c4ccccc34)ccn2)n1.O=C(O)/C=C\C(=O)O.O=C(O)/C=C\C(=O)O. The Morgan fingerprint density at radius 2 is 0.782 bits per heavy atom. The number of anilines is 8. The number of aryl methyl sites for hydroxylation is 4. The maximum Gasteiger partial charge on any atom is 0.328 e. The molecule has 12 rings (SSSR count). The lowest BCUT2D eigenvalue weighted by molar-refractivity contribution is -0.134. The Hall–Kier alpha value is -14.0. The lowest BCUT2D eigenvalue weighted by Crippen LogP contribution is -2.21. The molecule has 0 aliphatic carbocycles. The summed E-state index contributed by atoms with van der Waals surface area (Å²) in [6.45, 7) is 21.8. The number of fused-ring (bicyclic) bond motifs is 2. The van der Waals surface area contributed by atoms with Crippen molar-refractivity contribution in [2.75, 3.05) is 31.9 Å². The number of aliphatic carboxylic acids is 4. The van der Waals surface area contributed by atoms with Gasteiger partial charge in [0, 0.05) is 94.4 Å². The number of aromatic nitrogens is 8. The van der Waals surface area contributed by atoms with Crippen molar-refractivity contribution < 1.29 is 58.7 Å². The van der Waals surface area contributed by atoms with Gasteiger partial charge in [-0.3, -0.25) is 20.6 Å². The molecule has 26 heteroatoms. The largest absolute Gasteiger partial charge is 0.488 e. The first kappa shape index (κ1) is 80.1. The van der Waals surface area contributed by atoms with Gasteiger partial charge in [0.1, 0.15) is 59.6 Å². The molecule has 0 radical (unpaired) electrons. The number of rotatable bonds is 22. The average molecular weight is 1480 g/mol. The quantitative estimate of drug-likeness (QED) is 0.0282. The number of carboxylic acids is 4. The Labute approximate surface area is 635 Å². The topological polar surface area (TPSA) is 361 Å². The van der Waals surface area contributed by atoms with Crippen molar-refractivity contribution in [3.05, 3.63) is 276 Å². The van der Waals surface area contributed by atoms with Gasteiger partial charge in [0.15, 0.2) is 0 Å². The number of benzene rings is 6. The molecule has 26 nitrogen and oxygen atoms in total. The molecule has 0 atom stereocenters. The number of ether oxygens (including phenoxy) is 2. The highest BCUT2D eigenvalue weighted by molar-refractivity contribution is 6.09. The van der Waals surface area contributed by atoms with Gasteiger partial charge in [0.2, 0.25) is 0 Å². The van der Waals surface area contributed by atoms with Crippen molar-refractivity contribution in [3.63, 3.8) is 0 Å². The van der Waals surface area contributed by atoms with Gasteiger partial charge in [-0.1, -0.05) is 139 Å². The molecule has 0 aliphatic heterocycles. The molecule has 4 amide bonds. The van der Waals surface area contributed by atoms with Crippen LogP contribution in [0.5, 0.6) is 11.5 Å². The Balaban J connectivity index is 0.000000211. The number of urea groups is 2. The first-order valence-electron chi connectivity index (χ1n) is 35.0. The van der Waals surface area contributed by atoms with Crippen molar-refractivity contribution >= 4 is 104 Å². The molecule has 10 N–H and O–H groups in total. The molecule has 12 aromatic rings. The number of hydrogen-bond donors (Lipinski definition) is 10. The van der Waals surface area contributed by atoms with E-state index in [1.165, 1.54) is 11.1 Å². The first-order chi connectivity index (χ1) is 52.6. The maximum atomic E-state index is 13.4. The van der Waals surface area contributed by atoms with Crippen molar-refractivity contribution in [2.24, 2.45) is 0 Å². The van der Waals surface area contributed by atoms with Crippen LogP contribution >= 0.6 is 0 Å². The Morgan fingerprint density at radius 3 is 1.12 bits per heavy atom. The smallest absolute Gasteiger partial charge is 0.328 e. The fourth-order valence-electron chi connectivity index (χ4n) is 10.7. The number of carbonyl (C=O) groups excluding carboxylic acids is 2. The van der Waals surface area contributed by atoms with Crippen molar-refractivity contribution in [3.8, 4) is 22.9 Å². The van der Waals surface area contributed by atoms with Crippen LogP contribution in [0.1, 0.15) is 100 Å². The molecular weight excluding hydrogens is 1400 g/mol. The van der Waals surface area contributed by atoms with Crippen LogP contribution in [-0.2, 0) is 56.1 Å². The van der Waals surface area contributed by atoms with E-state index in [0.717, 1.165) is 79.4 Å². The minimum Gasteiger partial charge on any atom is -0.488 e. The zero-order chi connectivity index (χ0) is 79.1. The monoisotopic (exact) mass is 1480 g/mol. The number of nitrogens with one attached hydrogen (secondary N) is 6. The fourth-order valence-corrected chi connectivity index (χ4v) is 10.7. The van der Waals surface area contributed by atoms with Crippen LogP contribution in [0.3, 0.4) is 0 Å². The number of nitrogens with zero attached hydrogens (tertiary/aromatic N) is 8. The molecule has 0 fully saturated rings. The molecule has 0 unspecified atom stereocenters. The van der Waals surface area contributed by atoms with Gasteiger partial charge >= 0.3 is 35.9 Å². The van der Waals surface area contributed by atoms with Crippen LogP contribution in [0.25, 0.3) is 32.9 Å². The molecule has 0 spiro atoms. The third-order valence-electron chi connectivity index (χ3n) is 16.5. The van der Waals surface area contributed by atoms with Crippen molar-refractivity contribution in [1.29, 1.82) is 0 Å². The number of hydrogen-bond acceptors (Lipinski definition) is 16. The second-order valence-electron chi connectivity index (χ2n) is 27.1. The van der Waals surface area contributed by atoms with Crippen LogP contribution < -0.4 is 41.4 Å². The third-order valence-corrected chi connectivity index (χ3v) is 16.5. The zero-order valence-corrected chi connectivity index (χ0v) is 62.4. The van der Waals surface area contributed by atoms with E-state index in [2.05, 4.69) is 178 Å². The molecule has 0 saturated carbocycles. The number of amides is 4. The van der Waals surface area contributed by atoms with E-state index < -0.39 is 23.9 Å². The number of pyridine rings is 2. The predicted octanol–water partition coefficient (Wildman–Crippen LogP) is 17.3. The van der Waals surface area contributed by atoms with Gasteiger partial charge in [0.25, 0.3) is 0 Å². The van der Waals surface area contributed by atoms with Crippen LogP contribution in [0, 0.1) is 13.8 Å². The van der Waals surface area contributed by atoms with Gasteiger partial charge in [-0.25, -0.2) is 48.7 Å². The summed E-state index contributed by atoms with van der Waals surface area (Å²) in [5.74, 6) is 0.384. The zero-order valence-electron chi connectivity index (χ0n) is 62.4. The molecule has 6 aromatic heterocycles. The van der Waals surface area contributed by atoms with E-state index in [0.29, 0.717) is 95.3 Å². The summed E-state index contributed by atoms with van der Waals surface area (Å²) in [4.78, 5) is 91.5. The van der Waals surface area contributed by atoms with Crippen LogP contribution in [0.4, 0.5) is 55.9 Å². The Morgan fingerprint density at radius 1 is 0.427 bits per heavy atom. The third kappa shape index (κ3) is 23.5. The number of carbonyl (C=O) groups is 6. The van der Waals surface area contributed by atoms with Crippen molar-refractivity contribution in [1.82, 2.24) is 39.0 Å². The molecule has 110 heavy (non-hydrogen) atoms. The lowest BCUT2D eigenvalue weighted by Gasteiger charge is -2.15. The summed E-state index contributed by atoms with van der Waals surface area (Å²) < 4.78 is 16.6. The summed E-state index contributed by atoms with van der Waals surface area (Å²) in [6, 6.07) is 50.9. The summed E-state index contributed by atoms with van der Waals surface area (Å²) in [5.41, 5.74) is 11.4. The van der Waals surface area contributed by atoms with Crippen molar-refractivity contribution in [2.45, 2.75) is 106 Å². The Bertz CT molecular complexity index is 4950. The fraction of sp³-hybridized carbons (Fsp3) is 0.190. The second-order valence-corrected chi connectivity index (χ2v) is 27.1. The van der Waals surface area contributed by atoms with E-state index in [1.54, 1.807) is 37.2 Å². The van der Waals surface area contributed by atoms with Crippen LogP contribution in [0.2, 0.25) is 0 Å². The highest BCUT2D eigenvalue weighted by Gasteiger charge is 2.23. The summed E-state index contributed by atoms with van der Waals surface area (Å²) >= 11 is 0. The van der Waals surface area contributed by atoms with E-state index in [-0.39, 0.29) is 22.9 Å². The molecule has 564 valence electrons. The maximum absolute atomic E-state index is 13.4. The van der Waals surface area contributed by atoms with Gasteiger partial charge in [-0.15, -0.1) is 0 Å². The average Bonchev–Trinajstić information content (AvgIpc) is 1.04. The van der Waals surface area contributed by atoms with Gasteiger partial charge in [-0.05, 0) is 145 Å².